The van der Waals surface area contributed by atoms with Crippen LogP contribution in [0.2, 0.25) is 0 Å². The Kier molecular flexibility index (Phi) is 5.59. The van der Waals surface area contributed by atoms with Crippen molar-refractivity contribution < 1.29 is 18.0 Å². The summed E-state index contributed by atoms with van der Waals surface area (Å²) in [4.78, 5) is 16.7. The number of nitrogens with zero attached hydrogens (tertiary/aromatic N) is 6. The highest BCUT2D eigenvalue weighted by atomic mass is 19.4. The van der Waals surface area contributed by atoms with Crippen LogP contribution in [0.1, 0.15) is 15.9 Å². The van der Waals surface area contributed by atoms with Crippen molar-refractivity contribution in [2.45, 2.75) is 6.18 Å². The Morgan fingerprint density at radius 3 is 2.48 bits per heavy atom. The molecule has 1 amide bonds. The van der Waals surface area contributed by atoms with E-state index < -0.39 is 17.6 Å². The molecule has 0 unspecified atom stereocenters. The van der Waals surface area contributed by atoms with Crippen LogP contribution < -0.4 is 10.2 Å². The lowest BCUT2D eigenvalue weighted by Crippen LogP contribution is -2.44. The van der Waals surface area contributed by atoms with E-state index in [9.17, 15) is 18.0 Å². The number of hydrogen-bond donors (Lipinski definition) is 1. The molecule has 162 valence electrons. The summed E-state index contributed by atoms with van der Waals surface area (Å²) in [6, 6.07) is 10.3. The van der Waals surface area contributed by atoms with Gasteiger partial charge in [-0.3, -0.25) is 4.79 Å². The number of halogens is 3. The van der Waals surface area contributed by atoms with Gasteiger partial charge in [-0.2, -0.15) is 13.2 Å². The number of anilines is 2. The summed E-state index contributed by atoms with van der Waals surface area (Å²) < 4.78 is 42.6. The van der Waals surface area contributed by atoms with Crippen LogP contribution in [0.3, 0.4) is 0 Å². The molecule has 11 heteroatoms. The van der Waals surface area contributed by atoms with Crippen molar-refractivity contribution in [3.63, 3.8) is 0 Å². The number of carbonyl (C=O) groups excluding carboxylic acids is 1. The second-order valence-corrected chi connectivity index (χ2v) is 7.28. The maximum atomic E-state index is 13.8. The van der Waals surface area contributed by atoms with Crippen LogP contribution in [0.15, 0.2) is 48.8 Å². The summed E-state index contributed by atoms with van der Waals surface area (Å²) in [7, 11) is 1.98. The monoisotopic (exact) mass is 431 g/mol. The number of rotatable bonds is 4. The predicted molar refractivity (Wildman–Crippen MR) is 108 cm³/mol. The first-order chi connectivity index (χ1) is 14.8. The van der Waals surface area contributed by atoms with Gasteiger partial charge in [-0.25, -0.2) is 4.68 Å². The third kappa shape index (κ3) is 4.66. The van der Waals surface area contributed by atoms with E-state index in [1.54, 1.807) is 18.2 Å². The summed E-state index contributed by atoms with van der Waals surface area (Å²) >= 11 is 0. The van der Waals surface area contributed by atoms with Gasteiger partial charge in [0.05, 0.1) is 16.9 Å². The zero-order chi connectivity index (χ0) is 22.0. The number of benzene rings is 2. The number of tetrazole rings is 1. The Labute approximate surface area is 176 Å². The number of amides is 1. The molecule has 0 atom stereocenters. The first kappa shape index (κ1) is 20.8. The molecule has 0 radical (unpaired) electrons. The van der Waals surface area contributed by atoms with Gasteiger partial charge in [-0.05, 0) is 53.9 Å². The maximum absolute atomic E-state index is 13.8. The van der Waals surface area contributed by atoms with Crippen LogP contribution in [-0.4, -0.2) is 64.2 Å². The van der Waals surface area contributed by atoms with Gasteiger partial charge < -0.3 is 15.1 Å². The minimum Gasteiger partial charge on any atom is -0.369 e. The number of likely N-dealkylation sites (N-methyl/N-ethyl adjacent to an activating group) is 1. The minimum absolute atomic E-state index is 0.185. The third-order valence-electron chi connectivity index (χ3n) is 5.15. The minimum atomic E-state index is -4.61. The van der Waals surface area contributed by atoms with Crippen LogP contribution in [0.5, 0.6) is 0 Å². The van der Waals surface area contributed by atoms with Crippen molar-refractivity contribution in [2.24, 2.45) is 0 Å². The zero-order valence-corrected chi connectivity index (χ0v) is 16.7. The molecule has 1 N–H and O–H groups in total. The molecule has 1 aromatic heterocycles. The molecule has 3 aromatic rings. The largest absolute Gasteiger partial charge is 0.418 e. The summed E-state index contributed by atoms with van der Waals surface area (Å²) in [5, 5.41) is 13.2. The number of alkyl halides is 3. The lowest BCUT2D eigenvalue weighted by Gasteiger charge is -2.34. The van der Waals surface area contributed by atoms with Gasteiger partial charge in [0.2, 0.25) is 0 Å². The van der Waals surface area contributed by atoms with Crippen LogP contribution in [0.25, 0.3) is 5.69 Å². The van der Waals surface area contributed by atoms with Crippen molar-refractivity contribution in [2.75, 3.05) is 43.4 Å². The standard InChI is InChI=1S/C20H20F3N7O/c1-28-7-9-29(10-8-28)15-5-6-18(17(12-15)20(21,22)23)25-19(31)14-3-2-4-16(11-14)30-13-24-26-27-30/h2-6,11-13H,7-10H2,1H3,(H,25,31). The smallest absolute Gasteiger partial charge is 0.369 e. The van der Waals surface area contributed by atoms with E-state index in [-0.39, 0.29) is 11.3 Å². The molecule has 0 bridgehead atoms. The van der Waals surface area contributed by atoms with E-state index >= 15 is 0 Å². The molecule has 0 saturated carbocycles. The number of piperazine rings is 1. The Hall–Kier alpha value is -3.47. The topological polar surface area (TPSA) is 79.2 Å². The van der Waals surface area contributed by atoms with Crippen LogP contribution >= 0.6 is 0 Å². The van der Waals surface area contributed by atoms with E-state index in [2.05, 4.69) is 25.7 Å². The molecule has 2 aromatic carbocycles. The summed E-state index contributed by atoms with van der Waals surface area (Å²) in [5.74, 6) is -0.659. The van der Waals surface area contributed by atoms with Crippen molar-refractivity contribution in [1.29, 1.82) is 0 Å². The third-order valence-corrected chi connectivity index (χ3v) is 5.15. The van der Waals surface area contributed by atoms with Gasteiger partial charge >= 0.3 is 6.18 Å². The maximum Gasteiger partial charge on any atom is 0.418 e. The van der Waals surface area contributed by atoms with Crippen LogP contribution in [0.4, 0.5) is 24.5 Å². The quantitative estimate of drug-likeness (QED) is 0.684. The number of nitrogens with one attached hydrogen (secondary N) is 1. The molecular formula is C20H20F3N7O. The Morgan fingerprint density at radius 2 is 1.81 bits per heavy atom. The fourth-order valence-corrected chi connectivity index (χ4v) is 3.40. The lowest BCUT2D eigenvalue weighted by molar-refractivity contribution is -0.136. The molecule has 1 saturated heterocycles. The summed E-state index contributed by atoms with van der Waals surface area (Å²) in [6.45, 7) is 2.84. The molecule has 31 heavy (non-hydrogen) atoms. The molecular weight excluding hydrogens is 411 g/mol. The first-order valence-electron chi connectivity index (χ1n) is 9.61. The van der Waals surface area contributed by atoms with E-state index in [1.165, 1.54) is 29.2 Å². The Balaban J connectivity index is 1.59. The highest BCUT2D eigenvalue weighted by Gasteiger charge is 2.35. The van der Waals surface area contributed by atoms with Crippen LogP contribution in [-0.2, 0) is 6.18 Å². The molecule has 8 nitrogen and oxygen atoms in total. The highest BCUT2D eigenvalue weighted by molar-refractivity contribution is 6.05. The molecule has 1 fully saturated rings. The second kappa shape index (κ2) is 8.34. The van der Waals surface area contributed by atoms with E-state index in [4.69, 9.17) is 0 Å². The lowest BCUT2D eigenvalue weighted by atomic mass is 10.1. The summed E-state index contributed by atoms with van der Waals surface area (Å²) in [5.41, 5.74) is 0.0135. The van der Waals surface area contributed by atoms with Gasteiger partial charge in [0.15, 0.2) is 0 Å². The number of carbonyl (C=O) groups is 1. The van der Waals surface area contributed by atoms with E-state index in [0.717, 1.165) is 19.2 Å². The molecule has 2 heterocycles. The SMILES string of the molecule is CN1CCN(c2ccc(NC(=O)c3cccc(-n4cnnn4)c3)c(C(F)(F)F)c2)CC1. The van der Waals surface area contributed by atoms with Crippen LogP contribution in [0, 0.1) is 0 Å². The van der Waals surface area contributed by atoms with Gasteiger partial charge in [0.25, 0.3) is 5.91 Å². The van der Waals surface area contributed by atoms with Gasteiger partial charge in [-0.1, -0.05) is 6.07 Å². The fraction of sp³-hybridized carbons (Fsp3) is 0.300. The Morgan fingerprint density at radius 1 is 1.03 bits per heavy atom. The van der Waals surface area contributed by atoms with Crippen molar-refractivity contribution in [3.05, 3.63) is 59.9 Å². The average molecular weight is 431 g/mol. The van der Waals surface area contributed by atoms with Gasteiger partial charge in [0, 0.05) is 37.4 Å². The van der Waals surface area contributed by atoms with E-state index in [0.29, 0.717) is 24.5 Å². The average Bonchev–Trinajstić information content (AvgIpc) is 3.29. The molecule has 0 spiro atoms. The fourth-order valence-electron chi connectivity index (χ4n) is 3.40. The number of aromatic nitrogens is 4. The van der Waals surface area contributed by atoms with Gasteiger partial charge in [0.1, 0.15) is 6.33 Å². The summed E-state index contributed by atoms with van der Waals surface area (Å²) in [6.07, 6.45) is -3.25. The van der Waals surface area contributed by atoms with Gasteiger partial charge in [-0.15, -0.1) is 5.10 Å². The zero-order valence-electron chi connectivity index (χ0n) is 16.7. The normalized spacial score (nSPS) is 15.2. The predicted octanol–water partition coefficient (Wildman–Crippen LogP) is 2.69. The first-order valence-corrected chi connectivity index (χ1v) is 9.61. The molecule has 1 aliphatic rings. The molecule has 1 aliphatic heterocycles. The molecule has 4 rings (SSSR count). The molecule has 0 aliphatic carbocycles. The highest BCUT2D eigenvalue weighted by Crippen LogP contribution is 2.37. The second-order valence-electron chi connectivity index (χ2n) is 7.28. The Bertz CT molecular complexity index is 1060. The van der Waals surface area contributed by atoms with Crippen molar-refractivity contribution >= 4 is 17.3 Å². The van der Waals surface area contributed by atoms with Crippen molar-refractivity contribution in [1.82, 2.24) is 25.1 Å². The van der Waals surface area contributed by atoms with Crippen molar-refractivity contribution in [3.8, 4) is 5.69 Å². The van der Waals surface area contributed by atoms with E-state index in [1.807, 2.05) is 11.9 Å². The number of hydrogen-bond acceptors (Lipinski definition) is 6.